The summed E-state index contributed by atoms with van der Waals surface area (Å²) in [6.45, 7) is 0. The second-order valence-electron chi connectivity index (χ2n) is 2.12. The topological polar surface area (TPSA) is 29.5 Å². The zero-order valence-corrected chi connectivity index (χ0v) is 6.53. The monoisotopic (exact) mass is 169 g/mol. The maximum atomic E-state index is 12.6. The molecule has 0 spiro atoms. The normalized spacial score (nSPS) is 9.17. The van der Waals surface area contributed by atoms with Gasteiger partial charge in [-0.2, -0.15) is 0 Å². The second-order valence-corrected chi connectivity index (χ2v) is 2.12. The van der Waals surface area contributed by atoms with Crippen LogP contribution < -0.4 is 9.86 Å². The zero-order valence-electron chi connectivity index (χ0n) is 6.53. The van der Waals surface area contributed by atoms with Crippen molar-refractivity contribution < 1.29 is 14.0 Å². The molecule has 0 heterocycles. The molecule has 0 saturated heterocycles. The lowest BCUT2D eigenvalue weighted by atomic mass is 10.3. The van der Waals surface area contributed by atoms with Crippen molar-refractivity contribution in [3.05, 3.63) is 24.3 Å². The Morgan fingerprint density at radius 3 is 2.92 bits per heavy atom. The van der Waals surface area contributed by atoms with Gasteiger partial charge in [-0.1, -0.05) is 10.5 Å². The van der Waals surface area contributed by atoms with Gasteiger partial charge in [0.05, 0.1) is 12.8 Å². The van der Waals surface area contributed by atoms with Gasteiger partial charge in [-0.05, 0) is 12.1 Å². The van der Waals surface area contributed by atoms with E-state index in [1.807, 2.05) is 0 Å². The van der Waals surface area contributed by atoms with Crippen molar-refractivity contribution >= 4 is 12.1 Å². The molecule has 0 unspecified atom stereocenters. The highest BCUT2D eigenvalue weighted by atomic mass is 19.2. The van der Waals surface area contributed by atoms with Gasteiger partial charge in [0, 0.05) is 6.07 Å². The van der Waals surface area contributed by atoms with Crippen LogP contribution >= 0.6 is 0 Å². The van der Waals surface area contributed by atoms with Gasteiger partial charge in [-0.25, -0.2) is 0 Å². The minimum Gasteiger partial charge on any atom is -0.497 e. The van der Waals surface area contributed by atoms with E-state index < -0.39 is 0 Å². The van der Waals surface area contributed by atoms with E-state index in [-0.39, 0.29) is 17.2 Å². The van der Waals surface area contributed by atoms with E-state index in [2.05, 4.69) is 0 Å². The molecule has 1 rings (SSSR count). The van der Waals surface area contributed by atoms with Crippen LogP contribution in [0.15, 0.2) is 24.3 Å². The maximum Gasteiger partial charge on any atom is 0.242 e. The summed E-state index contributed by atoms with van der Waals surface area (Å²) in [6, 6.07) is 6.16. The minimum atomic E-state index is -0.0114. The van der Waals surface area contributed by atoms with Gasteiger partial charge in [0.1, 0.15) is 5.75 Å². The predicted molar refractivity (Wildman–Crippen MR) is 42.6 cm³/mol. The Labute approximate surface area is 69.3 Å². The molecule has 0 aliphatic carbocycles. The van der Waals surface area contributed by atoms with E-state index in [4.69, 9.17) is 4.74 Å². The molecular formula is C8H8FNO2. The van der Waals surface area contributed by atoms with Crippen LogP contribution in [0, 0.1) is 0 Å². The number of carbonyl (C=O) groups is 1. The van der Waals surface area contributed by atoms with Crippen molar-refractivity contribution in [3.63, 3.8) is 0 Å². The molecule has 0 atom stereocenters. The second kappa shape index (κ2) is 3.71. The molecule has 0 radical (unpaired) electrons. The average Bonchev–Trinajstić information content (AvgIpc) is 2.17. The largest absolute Gasteiger partial charge is 0.497 e. The fourth-order valence-corrected chi connectivity index (χ4v) is 0.804. The van der Waals surface area contributed by atoms with Gasteiger partial charge in [-0.3, -0.25) is 4.79 Å². The number of halogens is 1. The molecule has 1 aromatic carbocycles. The van der Waals surface area contributed by atoms with E-state index in [1.54, 1.807) is 12.1 Å². The summed E-state index contributed by atoms with van der Waals surface area (Å²) in [5.74, 6) is 0.511. The summed E-state index contributed by atoms with van der Waals surface area (Å²) in [5, 5.41) is -0.0114. The SMILES string of the molecule is COc1cccc(N(F)C=O)c1. The lowest BCUT2D eigenvalue weighted by Crippen LogP contribution is -2.07. The summed E-state index contributed by atoms with van der Waals surface area (Å²) in [4.78, 5) is 10.0. The van der Waals surface area contributed by atoms with Crippen LogP contribution in [0.2, 0.25) is 0 Å². The van der Waals surface area contributed by atoms with Gasteiger partial charge in [0.25, 0.3) is 0 Å². The number of hydrogen-bond donors (Lipinski definition) is 0. The van der Waals surface area contributed by atoms with Crippen LogP contribution in [-0.2, 0) is 4.79 Å². The van der Waals surface area contributed by atoms with Crippen molar-refractivity contribution in [2.24, 2.45) is 0 Å². The molecule has 0 aliphatic rings. The molecule has 0 aromatic heterocycles. The molecule has 0 fully saturated rings. The van der Waals surface area contributed by atoms with Crippen LogP contribution in [0.25, 0.3) is 0 Å². The molecule has 0 aliphatic heterocycles. The fourth-order valence-electron chi connectivity index (χ4n) is 0.804. The number of rotatable bonds is 3. The molecule has 0 N–H and O–H groups in total. The number of benzene rings is 1. The summed E-state index contributed by atoms with van der Waals surface area (Å²) >= 11 is 0. The first-order valence-corrected chi connectivity index (χ1v) is 3.32. The Balaban J connectivity index is 2.93. The quantitative estimate of drug-likeness (QED) is 0.507. The molecule has 1 aromatic rings. The Hall–Kier alpha value is -1.58. The van der Waals surface area contributed by atoms with E-state index in [0.29, 0.717) is 5.75 Å². The zero-order chi connectivity index (χ0) is 8.97. The van der Waals surface area contributed by atoms with E-state index in [0.717, 1.165) is 0 Å². The highest BCUT2D eigenvalue weighted by Crippen LogP contribution is 2.19. The first kappa shape index (κ1) is 8.52. The molecule has 4 heteroatoms. The number of ether oxygens (including phenoxy) is 1. The highest BCUT2D eigenvalue weighted by molar-refractivity contribution is 5.72. The number of amides is 1. The summed E-state index contributed by atoms with van der Waals surface area (Å²) in [6.07, 6.45) is 0.0920. The summed E-state index contributed by atoms with van der Waals surface area (Å²) in [5.41, 5.74) is 0.157. The van der Waals surface area contributed by atoms with Crippen molar-refractivity contribution in [3.8, 4) is 5.75 Å². The molecule has 0 saturated carbocycles. The van der Waals surface area contributed by atoms with Crippen LogP contribution in [0.1, 0.15) is 0 Å². The number of methoxy groups -OCH3 is 1. The Bertz CT molecular complexity index is 278. The van der Waals surface area contributed by atoms with Gasteiger partial charge in [-0.15, -0.1) is 5.12 Å². The average molecular weight is 169 g/mol. The number of hydrogen-bond acceptors (Lipinski definition) is 2. The number of nitrogens with zero attached hydrogens (tertiary/aromatic N) is 1. The smallest absolute Gasteiger partial charge is 0.242 e. The Morgan fingerprint density at radius 1 is 1.58 bits per heavy atom. The standard InChI is InChI=1S/C8H8FNO2/c1-12-8-4-2-3-7(5-8)10(9)6-11/h2-6H,1H3. The molecule has 64 valence electrons. The van der Waals surface area contributed by atoms with Gasteiger partial charge < -0.3 is 4.74 Å². The fraction of sp³-hybridized carbons (Fsp3) is 0.125. The van der Waals surface area contributed by atoms with Gasteiger partial charge >= 0.3 is 0 Å². The summed E-state index contributed by atoms with van der Waals surface area (Å²) in [7, 11) is 1.47. The van der Waals surface area contributed by atoms with Crippen LogP contribution in [0.5, 0.6) is 5.75 Å². The highest BCUT2D eigenvalue weighted by Gasteiger charge is 2.02. The van der Waals surface area contributed by atoms with E-state index in [9.17, 15) is 9.28 Å². The molecule has 3 nitrogen and oxygen atoms in total. The third-order valence-corrected chi connectivity index (χ3v) is 1.39. The van der Waals surface area contributed by atoms with Crippen molar-refractivity contribution in [2.45, 2.75) is 0 Å². The van der Waals surface area contributed by atoms with Crippen LogP contribution in [0.4, 0.5) is 10.2 Å². The van der Waals surface area contributed by atoms with Crippen molar-refractivity contribution in [1.82, 2.24) is 0 Å². The molecule has 1 amide bonds. The minimum absolute atomic E-state index is 0.0114. The van der Waals surface area contributed by atoms with E-state index >= 15 is 0 Å². The molecule has 0 bridgehead atoms. The van der Waals surface area contributed by atoms with Gasteiger partial charge in [0.2, 0.25) is 6.41 Å². The van der Waals surface area contributed by atoms with Crippen molar-refractivity contribution in [2.75, 3.05) is 12.2 Å². The Morgan fingerprint density at radius 2 is 2.33 bits per heavy atom. The number of carbonyl (C=O) groups excluding carboxylic acids is 1. The summed E-state index contributed by atoms with van der Waals surface area (Å²) < 4.78 is 17.4. The first-order valence-electron chi connectivity index (χ1n) is 3.32. The molecule has 12 heavy (non-hydrogen) atoms. The van der Waals surface area contributed by atoms with Crippen molar-refractivity contribution in [1.29, 1.82) is 0 Å². The van der Waals surface area contributed by atoms with E-state index in [1.165, 1.54) is 19.2 Å². The van der Waals surface area contributed by atoms with Gasteiger partial charge in [0.15, 0.2) is 0 Å². The maximum absolute atomic E-state index is 12.6. The third kappa shape index (κ3) is 1.72. The lowest BCUT2D eigenvalue weighted by Gasteiger charge is -2.06. The van der Waals surface area contributed by atoms with Crippen LogP contribution in [0.3, 0.4) is 0 Å². The van der Waals surface area contributed by atoms with Crippen LogP contribution in [-0.4, -0.2) is 13.5 Å². The number of anilines is 1. The third-order valence-electron chi connectivity index (χ3n) is 1.39. The lowest BCUT2D eigenvalue weighted by molar-refractivity contribution is -0.109. The first-order chi connectivity index (χ1) is 5.77. The predicted octanol–water partition coefficient (Wildman–Crippen LogP) is 1.54. The molecular weight excluding hydrogens is 161 g/mol. The Kier molecular flexibility index (Phi) is 2.63.